The third kappa shape index (κ3) is 2.71. The van der Waals surface area contributed by atoms with E-state index < -0.39 is 12.2 Å². The van der Waals surface area contributed by atoms with Gasteiger partial charge in [0.15, 0.2) is 0 Å². The molecule has 0 saturated heterocycles. The molecule has 0 aliphatic heterocycles. The molecule has 0 amide bonds. The molecule has 1 aromatic carbocycles. The van der Waals surface area contributed by atoms with Crippen LogP contribution in [-0.4, -0.2) is 22.2 Å². The first-order valence-electron chi connectivity index (χ1n) is 4.70. The van der Waals surface area contributed by atoms with Crippen molar-refractivity contribution in [2.24, 2.45) is 0 Å². The number of halogens is 1. The molecule has 1 aromatic rings. The summed E-state index contributed by atoms with van der Waals surface area (Å²) < 4.78 is 0. The van der Waals surface area contributed by atoms with Gasteiger partial charge in [-0.15, -0.1) is 11.6 Å². The fraction of sp³-hybridized carbons (Fsp3) is 0.455. The number of aliphatic hydroxyl groups is 2. The normalized spacial score (nSPS) is 15.1. The lowest BCUT2D eigenvalue weighted by atomic mass is 10.0. The van der Waals surface area contributed by atoms with Crippen molar-refractivity contribution in [1.82, 2.24) is 0 Å². The number of rotatable bonds is 4. The van der Waals surface area contributed by atoms with Crippen molar-refractivity contribution in [2.75, 3.05) is 5.88 Å². The lowest BCUT2D eigenvalue weighted by Crippen LogP contribution is -2.19. The van der Waals surface area contributed by atoms with Crippen LogP contribution in [0.25, 0.3) is 0 Å². The Morgan fingerprint density at radius 2 is 2.07 bits per heavy atom. The second kappa shape index (κ2) is 5.35. The molecule has 0 radical (unpaired) electrons. The molecular weight excluding hydrogens is 200 g/mol. The monoisotopic (exact) mass is 214 g/mol. The van der Waals surface area contributed by atoms with Gasteiger partial charge in [0.1, 0.15) is 6.10 Å². The molecule has 2 nitrogen and oxygen atoms in total. The quantitative estimate of drug-likeness (QED) is 0.752. The van der Waals surface area contributed by atoms with Gasteiger partial charge in [-0.05, 0) is 17.5 Å². The SMILES string of the molecule is CCc1cccc(C(O)C(O)CCl)c1. The van der Waals surface area contributed by atoms with E-state index in [0.717, 1.165) is 17.5 Å². The van der Waals surface area contributed by atoms with Crippen LogP contribution >= 0.6 is 11.6 Å². The van der Waals surface area contributed by atoms with E-state index in [2.05, 4.69) is 0 Å². The highest BCUT2D eigenvalue weighted by molar-refractivity contribution is 6.18. The van der Waals surface area contributed by atoms with Gasteiger partial charge < -0.3 is 10.2 Å². The molecule has 0 saturated carbocycles. The van der Waals surface area contributed by atoms with Crippen molar-refractivity contribution in [3.05, 3.63) is 35.4 Å². The second-order valence-electron chi connectivity index (χ2n) is 3.27. The van der Waals surface area contributed by atoms with Gasteiger partial charge in [-0.1, -0.05) is 31.2 Å². The Hall–Kier alpha value is -0.570. The van der Waals surface area contributed by atoms with Gasteiger partial charge in [0.25, 0.3) is 0 Å². The average Bonchev–Trinajstić information content (AvgIpc) is 2.27. The number of aliphatic hydroxyl groups excluding tert-OH is 2. The average molecular weight is 215 g/mol. The Labute approximate surface area is 89.1 Å². The van der Waals surface area contributed by atoms with Crippen molar-refractivity contribution >= 4 is 11.6 Å². The Morgan fingerprint density at radius 3 is 2.64 bits per heavy atom. The summed E-state index contributed by atoms with van der Waals surface area (Å²) in [4.78, 5) is 0. The minimum atomic E-state index is -0.899. The van der Waals surface area contributed by atoms with Gasteiger partial charge in [-0.3, -0.25) is 0 Å². The predicted octanol–water partition coefficient (Wildman–Crippen LogP) is 1.88. The van der Waals surface area contributed by atoms with Crippen molar-refractivity contribution in [2.45, 2.75) is 25.6 Å². The highest BCUT2D eigenvalue weighted by Crippen LogP contribution is 2.19. The summed E-state index contributed by atoms with van der Waals surface area (Å²) in [6.45, 7) is 2.05. The maximum absolute atomic E-state index is 9.67. The first-order valence-corrected chi connectivity index (χ1v) is 5.23. The molecule has 1 rings (SSSR count). The lowest BCUT2D eigenvalue weighted by molar-refractivity contribution is 0.0327. The highest BCUT2D eigenvalue weighted by atomic mass is 35.5. The molecular formula is C11H15ClO2. The van der Waals surface area contributed by atoms with Gasteiger partial charge in [0.05, 0.1) is 12.0 Å². The third-order valence-corrected chi connectivity index (χ3v) is 2.54. The van der Waals surface area contributed by atoms with Crippen molar-refractivity contribution < 1.29 is 10.2 Å². The molecule has 14 heavy (non-hydrogen) atoms. The molecule has 0 aliphatic rings. The zero-order valence-electron chi connectivity index (χ0n) is 8.15. The van der Waals surface area contributed by atoms with Gasteiger partial charge in [0, 0.05) is 0 Å². The largest absolute Gasteiger partial charge is 0.389 e. The third-order valence-electron chi connectivity index (χ3n) is 2.22. The summed E-state index contributed by atoms with van der Waals surface area (Å²) >= 11 is 5.46. The molecule has 2 atom stereocenters. The van der Waals surface area contributed by atoms with E-state index in [1.165, 1.54) is 0 Å². The lowest BCUT2D eigenvalue weighted by Gasteiger charge is -2.16. The first kappa shape index (κ1) is 11.5. The number of benzene rings is 1. The topological polar surface area (TPSA) is 40.5 Å². The van der Waals surface area contributed by atoms with E-state index in [-0.39, 0.29) is 5.88 Å². The fourth-order valence-electron chi connectivity index (χ4n) is 1.30. The zero-order valence-corrected chi connectivity index (χ0v) is 8.91. The standard InChI is InChI=1S/C11H15ClO2/c1-2-8-4-3-5-9(6-8)11(14)10(13)7-12/h3-6,10-11,13-14H,2,7H2,1H3. The summed E-state index contributed by atoms with van der Waals surface area (Å²) in [6.07, 6.45) is -0.875. The minimum absolute atomic E-state index is 0.0392. The van der Waals surface area contributed by atoms with Crippen LogP contribution in [0.3, 0.4) is 0 Å². The van der Waals surface area contributed by atoms with Gasteiger partial charge in [0.2, 0.25) is 0 Å². The van der Waals surface area contributed by atoms with E-state index in [1.54, 1.807) is 6.07 Å². The van der Waals surface area contributed by atoms with Crippen LogP contribution in [0, 0.1) is 0 Å². The number of aryl methyl sites for hydroxylation is 1. The van der Waals surface area contributed by atoms with Crippen LogP contribution < -0.4 is 0 Å². The van der Waals surface area contributed by atoms with Crippen LogP contribution in [-0.2, 0) is 6.42 Å². The highest BCUT2D eigenvalue weighted by Gasteiger charge is 2.16. The van der Waals surface area contributed by atoms with Crippen LogP contribution in [0.15, 0.2) is 24.3 Å². The zero-order chi connectivity index (χ0) is 10.6. The molecule has 0 aromatic heterocycles. The van der Waals surface area contributed by atoms with Crippen molar-refractivity contribution in [1.29, 1.82) is 0 Å². The summed E-state index contributed by atoms with van der Waals surface area (Å²) in [5.41, 5.74) is 1.86. The second-order valence-corrected chi connectivity index (χ2v) is 3.57. The maximum Gasteiger partial charge on any atom is 0.106 e. The van der Waals surface area contributed by atoms with Gasteiger partial charge in [-0.25, -0.2) is 0 Å². The molecule has 2 N–H and O–H groups in total. The van der Waals surface area contributed by atoms with E-state index in [9.17, 15) is 10.2 Å². The first-order chi connectivity index (χ1) is 6.69. The fourth-order valence-corrected chi connectivity index (χ4v) is 1.47. The number of hydrogen-bond acceptors (Lipinski definition) is 2. The predicted molar refractivity (Wildman–Crippen MR) is 57.5 cm³/mol. The Kier molecular flexibility index (Phi) is 4.39. The number of alkyl halides is 1. The Morgan fingerprint density at radius 1 is 1.36 bits per heavy atom. The Balaban J connectivity index is 2.83. The van der Waals surface area contributed by atoms with Crippen LogP contribution in [0.4, 0.5) is 0 Å². The van der Waals surface area contributed by atoms with E-state index in [0.29, 0.717) is 0 Å². The van der Waals surface area contributed by atoms with E-state index in [1.807, 2.05) is 25.1 Å². The van der Waals surface area contributed by atoms with Gasteiger partial charge >= 0.3 is 0 Å². The van der Waals surface area contributed by atoms with Crippen molar-refractivity contribution in [3.63, 3.8) is 0 Å². The summed E-state index contributed by atoms with van der Waals surface area (Å²) in [5.74, 6) is 0.0392. The number of hydrogen-bond donors (Lipinski definition) is 2. The van der Waals surface area contributed by atoms with Crippen molar-refractivity contribution in [3.8, 4) is 0 Å². The molecule has 0 fully saturated rings. The maximum atomic E-state index is 9.67. The molecule has 0 heterocycles. The summed E-state index contributed by atoms with van der Waals surface area (Å²) in [6, 6.07) is 7.54. The van der Waals surface area contributed by atoms with E-state index >= 15 is 0 Å². The van der Waals surface area contributed by atoms with Crippen LogP contribution in [0.2, 0.25) is 0 Å². The van der Waals surface area contributed by atoms with Crippen LogP contribution in [0.1, 0.15) is 24.2 Å². The molecule has 0 bridgehead atoms. The van der Waals surface area contributed by atoms with Crippen LogP contribution in [0.5, 0.6) is 0 Å². The molecule has 0 aliphatic carbocycles. The summed E-state index contributed by atoms with van der Waals surface area (Å²) in [5, 5.41) is 19.0. The molecule has 3 heteroatoms. The smallest absolute Gasteiger partial charge is 0.106 e. The molecule has 0 spiro atoms. The van der Waals surface area contributed by atoms with Gasteiger partial charge in [-0.2, -0.15) is 0 Å². The minimum Gasteiger partial charge on any atom is -0.389 e. The molecule has 78 valence electrons. The Bertz CT molecular complexity index is 288. The molecule has 2 unspecified atom stereocenters. The van der Waals surface area contributed by atoms with E-state index in [4.69, 9.17) is 11.6 Å². The summed E-state index contributed by atoms with van der Waals surface area (Å²) in [7, 11) is 0.